The number of benzene rings is 1. The van der Waals surface area contributed by atoms with Crippen molar-refractivity contribution in [2.45, 2.75) is 26.3 Å². The Balaban J connectivity index is 1.46. The zero-order valence-corrected chi connectivity index (χ0v) is 17.1. The zero-order valence-electron chi connectivity index (χ0n) is 17.1. The maximum atomic E-state index is 12.7. The van der Waals surface area contributed by atoms with E-state index in [1.54, 1.807) is 12.1 Å². The summed E-state index contributed by atoms with van der Waals surface area (Å²) in [5, 5.41) is 3.02. The first-order valence-electron chi connectivity index (χ1n) is 9.90. The third-order valence-corrected chi connectivity index (χ3v) is 5.38. The van der Waals surface area contributed by atoms with Crippen molar-refractivity contribution in [1.29, 1.82) is 0 Å². The van der Waals surface area contributed by atoms with Gasteiger partial charge in [0.2, 0.25) is 5.91 Å². The topological polar surface area (TPSA) is 97.2 Å². The molecule has 0 saturated carbocycles. The molecule has 4 rings (SSSR count). The van der Waals surface area contributed by atoms with Crippen LogP contribution in [0.1, 0.15) is 53.0 Å². The van der Waals surface area contributed by atoms with Crippen LogP contribution in [0.3, 0.4) is 0 Å². The fraction of sp³-hybridized carbons (Fsp3) is 0.318. The number of pyridine rings is 1. The first kappa shape index (κ1) is 19.8. The second-order valence-corrected chi connectivity index (χ2v) is 7.72. The SMILES string of the molecule is CC(C)C(NC(=O)CCN1C(=O)c2cccnc2C1=O)c1nc2ccccc2n1C. The molecule has 8 nitrogen and oxygen atoms in total. The zero-order chi connectivity index (χ0) is 21.4. The maximum absolute atomic E-state index is 12.7. The van der Waals surface area contributed by atoms with Crippen molar-refractivity contribution in [2.24, 2.45) is 13.0 Å². The lowest BCUT2D eigenvalue weighted by Crippen LogP contribution is -2.37. The van der Waals surface area contributed by atoms with E-state index >= 15 is 0 Å². The van der Waals surface area contributed by atoms with E-state index in [-0.39, 0.29) is 42.1 Å². The van der Waals surface area contributed by atoms with E-state index in [1.165, 1.54) is 6.20 Å². The number of imidazole rings is 1. The highest BCUT2D eigenvalue weighted by atomic mass is 16.2. The van der Waals surface area contributed by atoms with Crippen molar-refractivity contribution >= 4 is 28.8 Å². The van der Waals surface area contributed by atoms with E-state index < -0.39 is 11.8 Å². The van der Waals surface area contributed by atoms with E-state index in [0.717, 1.165) is 21.8 Å². The van der Waals surface area contributed by atoms with Crippen molar-refractivity contribution in [1.82, 2.24) is 24.8 Å². The molecule has 1 aliphatic rings. The molecule has 1 aromatic carbocycles. The lowest BCUT2D eigenvalue weighted by atomic mass is 10.0. The number of hydrogen-bond donors (Lipinski definition) is 1. The van der Waals surface area contributed by atoms with Crippen molar-refractivity contribution in [3.05, 3.63) is 59.7 Å². The van der Waals surface area contributed by atoms with Gasteiger partial charge in [0, 0.05) is 26.2 Å². The molecular weight excluding hydrogens is 382 g/mol. The van der Waals surface area contributed by atoms with Gasteiger partial charge in [0.15, 0.2) is 0 Å². The molecule has 2 aromatic heterocycles. The molecule has 0 bridgehead atoms. The molecular formula is C22H23N5O3. The molecule has 3 aromatic rings. The lowest BCUT2D eigenvalue weighted by Gasteiger charge is -2.23. The van der Waals surface area contributed by atoms with Gasteiger partial charge in [0.25, 0.3) is 11.8 Å². The van der Waals surface area contributed by atoms with Crippen LogP contribution in [0.2, 0.25) is 0 Å². The van der Waals surface area contributed by atoms with Crippen LogP contribution in [-0.2, 0) is 11.8 Å². The van der Waals surface area contributed by atoms with Gasteiger partial charge >= 0.3 is 0 Å². The average Bonchev–Trinajstić information content (AvgIpc) is 3.19. The molecule has 1 atom stereocenters. The number of para-hydroxylation sites is 2. The standard InChI is InChI=1S/C22H23N5O3/c1-13(2)18(20-24-15-8-4-5-9-16(15)26(20)3)25-17(28)10-12-27-21(29)14-7-6-11-23-19(14)22(27)30/h4-9,11,13,18H,10,12H2,1-3H3,(H,25,28). The Morgan fingerprint density at radius 1 is 1.10 bits per heavy atom. The molecule has 0 fully saturated rings. The van der Waals surface area contributed by atoms with Gasteiger partial charge in [-0.3, -0.25) is 24.3 Å². The van der Waals surface area contributed by atoms with E-state index in [0.29, 0.717) is 0 Å². The fourth-order valence-electron chi connectivity index (χ4n) is 3.75. The highest BCUT2D eigenvalue weighted by molar-refractivity contribution is 6.20. The summed E-state index contributed by atoms with van der Waals surface area (Å²) in [6, 6.07) is 10.7. The molecule has 0 saturated heterocycles. The van der Waals surface area contributed by atoms with Crippen molar-refractivity contribution in [2.75, 3.05) is 6.54 Å². The van der Waals surface area contributed by atoms with Gasteiger partial charge in [-0.1, -0.05) is 26.0 Å². The van der Waals surface area contributed by atoms with Crippen molar-refractivity contribution in [3.8, 4) is 0 Å². The molecule has 1 aliphatic heterocycles. The third kappa shape index (κ3) is 3.34. The fourth-order valence-corrected chi connectivity index (χ4v) is 3.75. The number of imide groups is 1. The molecule has 1 N–H and O–H groups in total. The van der Waals surface area contributed by atoms with Crippen LogP contribution in [0.5, 0.6) is 0 Å². The number of carbonyl (C=O) groups excluding carboxylic acids is 3. The summed E-state index contributed by atoms with van der Waals surface area (Å²) >= 11 is 0. The second-order valence-electron chi connectivity index (χ2n) is 7.72. The normalized spacial score (nSPS) is 14.5. The number of aromatic nitrogens is 3. The predicted molar refractivity (Wildman–Crippen MR) is 111 cm³/mol. The quantitative estimate of drug-likeness (QED) is 0.636. The van der Waals surface area contributed by atoms with Crippen LogP contribution in [0.4, 0.5) is 0 Å². The minimum Gasteiger partial charge on any atom is -0.346 e. The smallest absolute Gasteiger partial charge is 0.280 e. The molecule has 154 valence electrons. The molecule has 0 spiro atoms. The maximum Gasteiger partial charge on any atom is 0.280 e. The minimum atomic E-state index is -0.459. The highest BCUT2D eigenvalue weighted by Crippen LogP contribution is 2.25. The monoisotopic (exact) mass is 405 g/mol. The van der Waals surface area contributed by atoms with Gasteiger partial charge in [-0.25, -0.2) is 4.98 Å². The Bertz CT molecular complexity index is 1120. The number of nitrogens with one attached hydrogen (secondary N) is 1. The average molecular weight is 405 g/mol. The molecule has 3 amide bonds. The Labute approximate surface area is 173 Å². The summed E-state index contributed by atoms with van der Waals surface area (Å²) in [7, 11) is 1.93. The largest absolute Gasteiger partial charge is 0.346 e. The summed E-state index contributed by atoms with van der Waals surface area (Å²) in [6.07, 6.45) is 1.49. The summed E-state index contributed by atoms with van der Waals surface area (Å²) in [5.74, 6) is -0.242. The summed E-state index contributed by atoms with van der Waals surface area (Å²) in [4.78, 5) is 47.3. The molecule has 1 unspecified atom stereocenters. The van der Waals surface area contributed by atoms with Crippen LogP contribution in [0.25, 0.3) is 11.0 Å². The van der Waals surface area contributed by atoms with E-state index in [1.807, 2.05) is 49.7 Å². The Hall–Kier alpha value is -3.55. The molecule has 0 aliphatic carbocycles. The van der Waals surface area contributed by atoms with Gasteiger partial charge in [-0.15, -0.1) is 0 Å². The summed E-state index contributed by atoms with van der Waals surface area (Å²) < 4.78 is 1.98. The highest BCUT2D eigenvalue weighted by Gasteiger charge is 2.36. The van der Waals surface area contributed by atoms with Gasteiger partial charge in [-0.2, -0.15) is 0 Å². The van der Waals surface area contributed by atoms with E-state index in [4.69, 9.17) is 4.98 Å². The number of rotatable bonds is 6. The number of aryl methyl sites for hydroxylation is 1. The third-order valence-electron chi connectivity index (χ3n) is 5.38. The summed E-state index contributed by atoms with van der Waals surface area (Å²) in [6.45, 7) is 4.04. The van der Waals surface area contributed by atoms with Crippen LogP contribution in [-0.4, -0.2) is 43.7 Å². The van der Waals surface area contributed by atoms with Crippen LogP contribution < -0.4 is 5.32 Å². The molecule has 30 heavy (non-hydrogen) atoms. The first-order chi connectivity index (χ1) is 14.4. The molecule has 0 radical (unpaired) electrons. The number of carbonyl (C=O) groups is 3. The molecule has 8 heteroatoms. The van der Waals surface area contributed by atoms with Crippen LogP contribution in [0, 0.1) is 5.92 Å². The van der Waals surface area contributed by atoms with Crippen LogP contribution >= 0.6 is 0 Å². The van der Waals surface area contributed by atoms with Gasteiger partial charge in [-0.05, 0) is 30.2 Å². The number of fused-ring (bicyclic) bond motifs is 2. The van der Waals surface area contributed by atoms with E-state index in [9.17, 15) is 14.4 Å². The van der Waals surface area contributed by atoms with Crippen molar-refractivity contribution < 1.29 is 14.4 Å². The van der Waals surface area contributed by atoms with Crippen molar-refractivity contribution in [3.63, 3.8) is 0 Å². The Morgan fingerprint density at radius 2 is 1.87 bits per heavy atom. The predicted octanol–water partition coefficient (Wildman–Crippen LogP) is 2.47. The van der Waals surface area contributed by atoms with Gasteiger partial charge in [0.1, 0.15) is 11.5 Å². The van der Waals surface area contributed by atoms with E-state index in [2.05, 4.69) is 10.3 Å². The van der Waals surface area contributed by atoms with Crippen LogP contribution in [0.15, 0.2) is 42.6 Å². The number of hydrogen-bond acceptors (Lipinski definition) is 5. The summed E-state index contributed by atoms with van der Waals surface area (Å²) in [5.41, 5.74) is 2.28. The first-order valence-corrected chi connectivity index (χ1v) is 9.90. The number of amides is 3. The Morgan fingerprint density at radius 3 is 2.57 bits per heavy atom. The minimum absolute atomic E-state index is 0.00716. The molecule has 3 heterocycles. The van der Waals surface area contributed by atoms with Gasteiger partial charge < -0.3 is 9.88 Å². The number of nitrogens with zero attached hydrogens (tertiary/aromatic N) is 4. The Kier molecular flexibility index (Phi) is 5.07. The second kappa shape index (κ2) is 7.70. The van der Waals surface area contributed by atoms with Gasteiger partial charge in [0.05, 0.1) is 22.6 Å². The lowest BCUT2D eigenvalue weighted by molar-refractivity contribution is -0.122.